The normalized spacial score (nSPS) is 10.5. The van der Waals surface area contributed by atoms with E-state index in [1.807, 2.05) is 38.1 Å². The second-order valence-corrected chi connectivity index (χ2v) is 5.64. The first-order chi connectivity index (χ1) is 12.5. The summed E-state index contributed by atoms with van der Waals surface area (Å²) in [6, 6.07) is 7.44. The van der Waals surface area contributed by atoms with Gasteiger partial charge in [0.1, 0.15) is 12.1 Å². The molecule has 0 fully saturated rings. The summed E-state index contributed by atoms with van der Waals surface area (Å²) in [5.41, 5.74) is 2.68. The van der Waals surface area contributed by atoms with Gasteiger partial charge in [0.05, 0.1) is 27.0 Å². The van der Waals surface area contributed by atoms with E-state index in [9.17, 15) is 0 Å². The molecule has 0 bridgehead atoms. The highest BCUT2D eigenvalue weighted by molar-refractivity contribution is 5.67. The molecule has 26 heavy (non-hydrogen) atoms. The molecule has 0 saturated carbocycles. The lowest BCUT2D eigenvalue weighted by Gasteiger charge is -2.15. The maximum absolute atomic E-state index is 5.38. The minimum absolute atomic E-state index is 0.534. The van der Waals surface area contributed by atoms with Crippen molar-refractivity contribution in [3.8, 4) is 23.1 Å². The standard InChI is InChI=1S/C18H21N5O3/c1-11-6-12(2)23(22-11)17-9-16(19-10-20-17)21-13-7-14(24-3)18(26-5)15(8-13)25-4/h6-10H,1-5H3,(H,19,20,21). The number of benzene rings is 1. The summed E-state index contributed by atoms with van der Waals surface area (Å²) in [5, 5.41) is 7.68. The fraction of sp³-hybridized carbons (Fsp3) is 0.278. The highest BCUT2D eigenvalue weighted by atomic mass is 16.5. The minimum Gasteiger partial charge on any atom is -0.493 e. The first-order valence-electron chi connectivity index (χ1n) is 7.98. The van der Waals surface area contributed by atoms with Crippen LogP contribution in [0.5, 0.6) is 17.2 Å². The van der Waals surface area contributed by atoms with Gasteiger partial charge in [0.25, 0.3) is 0 Å². The zero-order valence-corrected chi connectivity index (χ0v) is 15.4. The van der Waals surface area contributed by atoms with Crippen LogP contribution < -0.4 is 19.5 Å². The van der Waals surface area contributed by atoms with Crippen LogP contribution in [0.2, 0.25) is 0 Å². The lowest BCUT2D eigenvalue weighted by Crippen LogP contribution is -2.04. The van der Waals surface area contributed by atoms with E-state index in [0.717, 1.165) is 17.1 Å². The molecule has 0 aliphatic rings. The van der Waals surface area contributed by atoms with Crippen molar-refractivity contribution in [1.82, 2.24) is 19.7 Å². The number of ether oxygens (including phenoxy) is 3. The van der Waals surface area contributed by atoms with Gasteiger partial charge in [-0.05, 0) is 19.9 Å². The molecule has 2 aromatic heterocycles. The number of aryl methyl sites for hydroxylation is 2. The maximum atomic E-state index is 5.38. The number of nitrogens with zero attached hydrogens (tertiary/aromatic N) is 4. The molecule has 8 heteroatoms. The van der Waals surface area contributed by atoms with Crippen LogP contribution in [0.25, 0.3) is 5.82 Å². The monoisotopic (exact) mass is 355 g/mol. The largest absolute Gasteiger partial charge is 0.493 e. The number of hydrogen-bond donors (Lipinski definition) is 1. The Morgan fingerprint density at radius 1 is 0.885 bits per heavy atom. The second-order valence-electron chi connectivity index (χ2n) is 5.64. The van der Waals surface area contributed by atoms with E-state index in [2.05, 4.69) is 20.4 Å². The first kappa shape index (κ1) is 17.5. The molecule has 0 amide bonds. The minimum atomic E-state index is 0.534. The lowest BCUT2D eigenvalue weighted by molar-refractivity contribution is 0.324. The molecular formula is C18H21N5O3. The number of hydrogen-bond acceptors (Lipinski definition) is 7. The van der Waals surface area contributed by atoms with Gasteiger partial charge in [-0.1, -0.05) is 0 Å². The third-order valence-electron chi connectivity index (χ3n) is 3.82. The van der Waals surface area contributed by atoms with E-state index >= 15 is 0 Å². The molecule has 0 radical (unpaired) electrons. The predicted octanol–water partition coefficient (Wildman–Crippen LogP) is 3.05. The van der Waals surface area contributed by atoms with Crippen LogP contribution >= 0.6 is 0 Å². The van der Waals surface area contributed by atoms with Crippen LogP contribution in [0.15, 0.2) is 30.6 Å². The van der Waals surface area contributed by atoms with E-state index in [1.54, 1.807) is 26.0 Å². The highest BCUT2D eigenvalue weighted by Gasteiger charge is 2.14. The number of anilines is 2. The van der Waals surface area contributed by atoms with Gasteiger partial charge >= 0.3 is 0 Å². The van der Waals surface area contributed by atoms with Crippen molar-refractivity contribution in [3.05, 3.63) is 42.0 Å². The van der Waals surface area contributed by atoms with Gasteiger partial charge in [-0.15, -0.1) is 0 Å². The zero-order chi connectivity index (χ0) is 18.7. The van der Waals surface area contributed by atoms with Crippen LogP contribution in [0.4, 0.5) is 11.5 Å². The van der Waals surface area contributed by atoms with Crippen molar-refractivity contribution in [2.45, 2.75) is 13.8 Å². The van der Waals surface area contributed by atoms with Crippen molar-refractivity contribution >= 4 is 11.5 Å². The summed E-state index contributed by atoms with van der Waals surface area (Å²) in [6.45, 7) is 3.92. The number of rotatable bonds is 6. The third kappa shape index (κ3) is 3.39. The Bertz CT molecular complexity index is 898. The average molecular weight is 355 g/mol. The van der Waals surface area contributed by atoms with Crippen LogP contribution in [0.1, 0.15) is 11.4 Å². The van der Waals surface area contributed by atoms with E-state index in [1.165, 1.54) is 6.33 Å². The molecule has 2 heterocycles. The van der Waals surface area contributed by atoms with Crippen molar-refractivity contribution in [2.24, 2.45) is 0 Å². The Balaban J connectivity index is 1.94. The SMILES string of the molecule is COc1cc(Nc2cc(-n3nc(C)cc3C)ncn2)cc(OC)c1OC. The molecule has 8 nitrogen and oxygen atoms in total. The summed E-state index contributed by atoms with van der Waals surface area (Å²) in [5.74, 6) is 2.95. The maximum Gasteiger partial charge on any atom is 0.203 e. The predicted molar refractivity (Wildman–Crippen MR) is 98.0 cm³/mol. The Hall–Kier alpha value is -3.29. The Kier molecular flexibility index (Phi) is 4.92. The molecule has 1 N–H and O–H groups in total. The quantitative estimate of drug-likeness (QED) is 0.727. The van der Waals surface area contributed by atoms with Crippen LogP contribution in [0, 0.1) is 13.8 Å². The van der Waals surface area contributed by atoms with Gasteiger partial charge in [-0.2, -0.15) is 5.10 Å². The van der Waals surface area contributed by atoms with E-state index in [4.69, 9.17) is 14.2 Å². The molecule has 136 valence electrons. The van der Waals surface area contributed by atoms with Gasteiger partial charge in [0, 0.05) is 29.6 Å². The third-order valence-corrected chi connectivity index (χ3v) is 3.82. The van der Waals surface area contributed by atoms with Crippen LogP contribution in [0.3, 0.4) is 0 Å². The summed E-state index contributed by atoms with van der Waals surface area (Å²) in [6.07, 6.45) is 1.49. The summed E-state index contributed by atoms with van der Waals surface area (Å²) in [7, 11) is 4.72. The molecular weight excluding hydrogens is 334 g/mol. The fourth-order valence-electron chi connectivity index (χ4n) is 2.69. The van der Waals surface area contributed by atoms with E-state index in [0.29, 0.717) is 28.9 Å². The summed E-state index contributed by atoms with van der Waals surface area (Å²) < 4.78 is 17.9. The van der Waals surface area contributed by atoms with Crippen molar-refractivity contribution in [2.75, 3.05) is 26.6 Å². The van der Waals surface area contributed by atoms with E-state index < -0.39 is 0 Å². The summed E-state index contributed by atoms with van der Waals surface area (Å²) >= 11 is 0. The molecule has 3 aromatic rings. The van der Waals surface area contributed by atoms with Crippen LogP contribution in [-0.2, 0) is 0 Å². The number of aromatic nitrogens is 4. The van der Waals surface area contributed by atoms with Gasteiger partial charge in [-0.3, -0.25) is 0 Å². The molecule has 0 aliphatic heterocycles. The fourth-order valence-corrected chi connectivity index (χ4v) is 2.69. The summed E-state index contributed by atoms with van der Waals surface area (Å²) in [4.78, 5) is 8.57. The van der Waals surface area contributed by atoms with Crippen molar-refractivity contribution in [3.63, 3.8) is 0 Å². The first-order valence-corrected chi connectivity index (χ1v) is 7.98. The second kappa shape index (κ2) is 7.30. The zero-order valence-electron chi connectivity index (χ0n) is 15.4. The van der Waals surface area contributed by atoms with Gasteiger partial charge in [0.2, 0.25) is 5.75 Å². The number of nitrogens with one attached hydrogen (secondary N) is 1. The van der Waals surface area contributed by atoms with E-state index in [-0.39, 0.29) is 0 Å². The van der Waals surface area contributed by atoms with Gasteiger partial charge in [-0.25, -0.2) is 14.6 Å². The van der Waals surface area contributed by atoms with Crippen molar-refractivity contribution in [1.29, 1.82) is 0 Å². The molecule has 1 aromatic carbocycles. The highest BCUT2D eigenvalue weighted by Crippen LogP contribution is 2.40. The molecule has 0 unspecified atom stereocenters. The Morgan fingerprint density at radius 3 is 2.12 bits per heavy atom. The van der Waals surface area contributed by atoms with Gasteiger partial charge in [0.15, 0.2) is 17.3 Å². The topological polar surface area (TPSA) is 83.3 Å². The number of methoxy groups -OCH3 is 3. The average Bonchev–Trinajstić information content (AvgIpc) is 2.99. The molecule has 3 rings (SSSR count). The van der Waals surface area contributed by atoms with Crippen molar-refractivity contribution < 1.29 is 14.2 Å². The smallest absolute Gasteiger partial charge is 0.203 e. The Morgan fingerprint density at radius 2 is 1.58 bits per heavy atom. The molecule has 0 saturated heterocycles. The lowest BCUT2D eigenvalue weighted by atomic mass is 10.2. The molecule has 0 spiro atoms. The van der Waals surface area contributed by atoms with Crippen LogP contribution in [-0.4, -0.2) is 41.1 Å². The Labute approximate surface area is 151 Å². The molecule has 0 atom stereocenters. The van der Waals surface area contributed by atoms with Gasteiger partial charge < -0.3 is 19.5 Å². The molecule has 0 aliphatic carbocycles.